The molecule has 0 heterocycles. The minimum atomic E-state index is -0.789. The maximum absolute atomic E-state index is 12.1. The highest BCUT2D eigenvalue weighted by Gasteiger charge is 2.23. The summed E-state index contributed by atoms with van der Waals surface area (Å²) in [6.07, 6.45) is 1.68. The van der Waals surface area contributed by atoms with Gasteiger partial charge in [-0.3, -0.25) is 14.5 Å². The third-order valence-corrected chi connectivity index (χ3v) is 3.37. The number of carboxylic acid groups (broad SMARTS) is 1. The van der Waals surface area contributed by atoms with Crippen molar-refractivity contribution in [2.75, 3.05) is 13.1 Å². The number of carboxylic acids is 1. The van der Waals surface area contributed by atoms with E-state index in [-0.39, 0.29) is 24.4 Å². The van der Waals surface area contributed by atoms with Crippen LogP contribution in [0.5, 0.6) is 0 Å². The van der Waals surface area contributed by atoms with Crippen LogP contribution >= 0.6 is 0 Å². The van der Waals surface area contributed by atoms with Crippen molar-refractivity contribution in [3.63, 3.8) is 0 Å². The van der Waals surface area contributed by atoms with Gasteiger partial charge in [-0.15, -0.1) is 0 Å². The van der Waals surface area contributed by atoms with E-state index in [1.54, 1.807) is 0 Å². The van der Waals surface area contributed by atoms with Gasteiger partial charge in [-0.1, -0.05) is 13.8 Å². The fourth-order valence-electron chi connectivity index (χ4n) is 2.09. The van der Waals surface area contributed by atoms with E-state index in [4.69, 9.17) is 5.11 Å². The molecule has 0 aliphatic heterocycles. The van der Waals surface area contributed by atoms with E-state index in [1.165, 1.54) is 0 Å². The van der Waals surface area contributed by atoms with E-state index >= 15 is 0 Å². The van der Waals surface area contributed by atoms with Crippen molar-refractivity contribution in [1.82, 2.24) is 10.2 Å². The first-order valence-corrected chi connectivity index (χ1v) is 7.51. The molecule has 0 bridgehead atoms. The van der Waals surface area contributed by atoms with E-state index in [1.807, 2.05) is 25.7 Å². The number of nitrogens with zero attached hydrogens (tertiary/aromatic N) is 1. The Kier molecular flexibility index (Phi) is 9.21. The van der Waals surface area contributed by atoms with Crippen LogP contribution in [-0.2, 0) is 9.59 Å². The van der Waals surface area contributed by atoms with Gasteiger partial charge in [-0.25, -0.2) is 0 Å². The zero-order valence-corrected chi connectivity index (χ0v) is 13.5. The Hall–Kier alpha value is -1.10. The summed E-state index contributed by atoms with van der Waals surface area (Å²) in [4.78, 5) is 24.7. The maximum Gasteiger partial charge on any atom is 0.303 e. The average Bonchev–Trinajstić information content (AvgIpc) is 2.32. The number of nitrogens with one attached hydrogen (secondary N) is 1. The second-order valence-electron chi connectivity index (χ2n) is 5.98. The Balaban J connectivity index is 4.28. The molecule has 0 aromatic heterocycles. The minimum Gasteiger partial charge on any atom is -0.481 e. The van der Waals surface area contributed by atoms with Crippen LogP contribution in [0.25, 0.3) is 0 Å². The molecule has 0 aromatic carbocycles. The van der Waals surface area contributed by atoms with Crippen molar-refractivity contribution >= 4 is 11.9 Å². The molecule has 0 aliphatic rings. The van der Waals surface area contributed by atoms with E-state index in [9.17, 15) is 9.59 Å². The van der Waals surface area contributed by atoms with Gasteiger partial charge in [-0.2, -0.15) is 0 Å². The molecular formula is C15H30N2O3. The first kappa shape index (κ1) is 18.9. The van der Waals surface area contributed by atoms with E-state index in [2.05, 4.69) is 19.2 Å². The van der Waals surface area contributed by atoms with Gasteiger partial charge in [0.2, 0.25) is 5.91 Å². The topological polar surface area (TPSA) is 69.6 Å². The Bertz CT molecular complexity index is 303. The summed E-state index contributed by atoms with van der Waals surface area (Å²) in [5, 5.41) is 11.6. The highest BCUT2D eigenvalue weighted by Crippen LogP contribution is 2.08. The molecule has 0 saturated carbocycles. The lowest BCUT2D eigenvalue weighted by Crippen LogP contribution is -2.48. The molecule has 0 spiro atoms. The highest BCUT2D eigenvalue weighted by molar-refractivity contribution is 5.81. The van der Waals surface area contributed by atoms with Gasteiger partial charge in [0, 0.05) is 19.0 Å². The smallest absolute Gasteiger partial charge is 0.303 e. The Labute approximate surface area is 122 Å². The minimum absolute atomic E-state index is 0.0228. The lowest BCUT2D eigenvalue weighted by atomic mass is 10.1. The van der Waals surface area contributed by atoms with Crippen LogP contribution < -0.4 is 5.32 Å². The van der Waals surface area contributed by atoms with Crippen LogP contribution in [0.3, 0.4) is 0 Å². The fourth-order valence-corrected chi connectivity index (χ4v) is 2.09. The average molecular weight is 286 g/mol. The van der Waals surface area contributed by atoms with Gasteiger partial charge in [0.1, 0.15) is 0 Å². The van der Waals surface area contributed by atoms with Crippen LogP contribution in [0.1, 0.15) is 53.9 Å². The first-order valence-electron chi connectivity index (χ1n) is 7.51. The van der Waals surface area contributed by atoms with Crippen molar-refractivity contribution in [1.29, 1.82) is 0 Å². The zero-order chi connectivity index (χ0) is 15.7. The van der Waals surface area contributed by atoms with Gasteiger partial charge in [0.25, 0.3) is 0 Å². The first-order chi connectivity index (χ1) is 9.25. The van der Waals surface area contributed by atoms with Gasteiger partial charge < -0.3 is 10.4 Å². The zero-order valence-electron chi connectivity index (χ0n) is 13.5. The number of carbonyl (C=O) groups excluding carboxylic acids is 1. The van der Waals surface area contributed by atoms with Gasteiger partial charge in [0.05, 0.1) is 6.04 Å². The summed E-state index contributed by atoms with van der Waals surface area (Å²) in [5.74, 6) is -0.195. The number of aliphatic carboxylic acids is 1. The lowest BCUT2D eigenvalue weighted by Gasteiger charge is -2.31. The van der Waals surface area contributed by atoms with Crippen LogP contribution in [0, 0.1) is 5.92 Å². The summed E-state index contributed by atoms with van der Waals surface area (Å²) >= 11 is 0. The third-order valence-electron chi connectivity index (χ3n) is 3.37. The van der Waals surface area contributed by atoms with Crippen LogP contribution in [0.4, 0.5) is 0 Å². The van der Waals surface area contributed by atoms with Crippen molar-refractivity contribution in [3.8, 4) is 0 Å². The monoisotopic (exact) mass is 286 g/mol. The van der Waals surface area contributed by atoms with Gasteiger partial charge >= 0.3 is 5.97 Å². The van der Waals surface area contributed by atoms with E-state index in [0.717, 1.165) is 6.42 Å². The van der Waals surface area contributed by atoms with E-state index < -0.39 is 5.97 Å². The molecule has 118 valence electrons. The number of hydrogen-bond donors (Lipinski definition) is 2. The third kappa shape index (κ3) is 8.15. The van der Waals surface area contributed by atoms with Crippen molar-refractivity contribution in [2.24, 2.45) is 5.92 Å². The van der Waals surface area contributed by atoms with E-state index in [0.29, 0.717) is 25.4 Å². The molecule has 2 N–H and O–H groups in total. The number of rotatable bonds is 10. The molecule has 0 aromatic rings. The van der Waals surface area contributed by atoms with Crippen LogP contribution in [-0.4, -0.2) is 47.1 Å². The molecule has 1 unspecified atom stereocenters. The second-order valence-corrected chi connectivity index (χ2v) is 5.98. The van der Waals surface area contributed by atoms with Crippen molar-refractivity contribution < 1.29 is 14.7 Å². The molecule has 0 rings (SSSR count). The summed E-state index contributed by atoms with van der Waals surface area (Å²) in [6.45, 7) is 11.5. The number of hydrogen-bond acceptors (Lipinski definition) is 3. The Morgan fingerprint density at radius 1 is 1.15 bits per heavy atom. The van der Waals surface area contributed by atoms with Crippen molar-refractivity contribution in [2.45, 2.75) is 66.0 Å². The molecule has 0 fully saturated rings. The standard InChI is InChI=1S/C15H30N2O3/c1-11(2)8-9-16-15(20)13(5)17(12(3)4)10-6-7-14(18)19/h11-13H,6-10H2,1-5H3,(H,16,20)(H,18,19). The molecule has 0 aliphatic carbocycles. The molecule has 5 heteroatoms. The maximum atomic E-state index is 12.1. The highest BCUT2D eigenvalue weighted by atomic mass is 16.4. The molecule has 0 saturated heterocycles. The van der Waals surface area contributed by atoms with Crippen LogP contribution in [0.2, 0.25) is 0 Å². The SMILES string of the molecule is CC(C)CCNC(=O)C(C)N(CCCC(=O)O)C(C)C. The number of carbonyl (C=O) groups is 2. The normalized spacial score (nSPS) is 13.0. The van der Waals surface area contributed by atoms with Gasteiger partial charge in [-0.05, 0) is 46.1 Å². The lowest BCUT2D eigenvalue weighted by molar-refractivity contribution is -0.137. The predicted molar refractivity (Wildman–Crippen MR) is 80.6 cm³/mol. The predicted octanol–water partition coefficient (Wildman–Crippen LogP) is 2.11. The largest absolute Gasteiger partial charge is 0.481 e. The Morgan fingerprint density at radius 3 is 2.20 bits per heavy atom. The summed E-state index contributed by atoms with van der Waals surface area (Å²) in [7, 11) is 0. The number of amides is 1. The molecule has 1 atom stereocenters. The summed E-state index contributed by atoms with van der Waals surface area (Å²) in [6, 6.07) is -0.00870. The van der Waals surface area contributed by atoms with Crippen LogP contribution in [0.15, 0.2) is 0 Å². The molecule has 1 amide bonds. The summed E-state index contributed by atoms with van der Waals surface area (Å²) < 4.78 is 0. The Morgan fingerprint density at radius 2 is 1.75 bits per heavy atom. The quantitative estimate of drug-likeness (QED) is 0.645. The molecular weight excluding hydrogens is 256 g/mol. The molecule has 20 heavy (non-hydrogen) atoms. The molecule has 5 nitrogen and oxygen atoms in total. The second kappa shape index (κ2) is 9.75. The van der Waals surface area contributed by atoms with Crippen molar-refractivity contribution in [3.05, 3.63) is 0 Å². The van der Waals surface area contributed by atoms with Gasteiger partial charge in [0.15, 0.2) is 0 Å². The molecule has 0 radical (unpaired) electrons. The summed E-state index contributed by atoms with van der Waals surface area (Å²) in [5.41, 5.74) is 0. The fraction of sp³-hybridized carbons (Fsp3) is 0.867.